The summed E-state index contributed by atoms with van der Waals surface area (Å²) in [5.41, 5.74) is 6.20. The monoisotopic (exact) mass is 255 g/mol. The third kappa shape index (κ3) is 2.71. The quantitative estimate of drug-likeness (QED) is 0.885. The third-order valence-electron chi connectivity index (χ3n) is 4.17. The van der Waals surface area contributed by atoms with Crippen molar-refractivity contribution in [3.8, 4) is 0 Å². The first-order chi connectivity index (χ1) is 9.34. The molecule has 0 saturated heterocycles. The first-order valence-corrected chi connectivity index (χ1v) is 7.18. The second-order valence-electron chi connectivity index (χ2n) is 5.47. The highest BCUT2D eigenvalue weighted by atomic mass is 15.0. The van der Waals surface area contributed by atoms with Gasteiger partial charge in [0, 0.05) is 24.2 Å². The average molecular weight is 255 g/mol. The van der Waals surface area contributed by atoms with Gasteiger partial charge in [-0.15, -0.1) is 0 Å². The Bertz CT molecular complexity index is 547. The van der Waals surface area contributed by atoms with Crippen LogP contribution >= 0.6 is 0 Å². The summed E-state index contributed by atoms with van der Waals surface area (Å²) in [6.45, 7) is 0.933. The van der Waals surface area contributed by atoms with Gasteiger partial charge in [0.05, 0.1) is 0 Å². The van der Waals surface area contributed by atoms with Crippen molar-refractivity contribution in [3.05, 3.63) is 36.5 Å². The molecule has 2 aromatic rings. The molecule has 1 fully saturated rings. The van der Waals surface area contributed by atoms with Crippen molar-refractivity contribution in [2.45, 2.75) is 31.7 Å². The Morgan fingerprint density at radius 1 is 1.16 bits per heavy atom. The lowest BCUT2D eigenvalue weighted by atomic mass is 9.85. The van der Waals surface area contributed by atoms with Gasteiger partial charge in [0.15, 0.2) is 0 Å². The number of pyridine rings is 1. The number of fused-ring (bicyclic) bond motifs is 1. The fourth-order valence-corrected chi connectivity index (χ4v) is 2.98. The van der Waals surface area contributed by atoms with E-state index in [0.717, 1.165) is 18.8 Å². The van der Waals surface area contributed by atoms with Gasteiger partial charge in [0.2, 0.25) is 0 Å². The van der Waals surface area contributed by atoms with E-state index in [9.17, 15) is 0 Å². The molecule has 100 valence electrons. The van der Waals surface area contributed by atoms with Crippen molar-refractivity contribution < 1.29 is 0 Å². The van der Waals surface area contributed by atoms with E-state index in [0.29, 0.717) is 12.0 Å². The van der Waals surface area contributed by atoms with Gasteiger partial charge >= 0.3 is 0 Å². The predicted octanol–water partition coefficient (Wildman–Crippen LogP) is 3.16. The van der Waals surface area contributed by atoms with E-state index in [4.69, 9.17) is 5.73 Å². The Hall–Kier alpha value is -1.61. The van der Waals surface area contributed by atoms with E-state index in [2.05, 4.69) is 34.6 Å². The number of nitrogens with one attached hydrogen (secondary N) is 1. The molecule has 1 aromatic heterocycles. The second kappa shape index (κ2) is 5.57. The maximum absolute atomic E-state index is 6.20. The van der Waals surface area contributed by atoms with Crippen LogP contribution in [0.4, 0.5) is 5.82 Å². The standard InChI is InChI=1S/C16H21N3/c17-15-8-4-2-6-13(15)11-19-16-14-7-3-1-5-12(14)9-10-18-16/h1,3,5,7,9-10,13,15H,2,4,6,8,11,17H2,(H,18,19). The summed E-state index contributed by atoms with van der Waals surface area (Å²) < 4.78 is 0. The number of anilines is 1. The highest BCUT2D eigenvalue weighted by Gasteiger charge is 2.21. The van der Waals surface area contributed by atoms with Crippen LogP contribution in [0.3, 0.4) is 0 Å². The van der Waals surface area contributed by atoms with Crippen LogP contribution in [0.5, 0.6) is 0 Å². The lowest BCUT2D eigenvalue weighted by Gasteiger charge is -2.28. The number of hydrogen-bond donors (Lipinski definition) is 2. The molecule has 3 N–H and O–H groups in total. The third-order valence-corrected chi connectivity index (χ3v) is 4.17. The summed E-state index contributed by atoms with van der Waals surface area (Å²) >= 11 is 0. The molecule has 0 aliphatic heterocycles. The van der Waals surface area contributed by atoms with Crippen molar-refractivity contribution in [2.24, 2.45) is 11.7 Å². The molecule has 0 spiro atoms. The minimum Gasteiger partial charge on any atom is -0.369 e. The topological polar surface area (TPSA) is 50.9 Å². The number of rotatable bonds is 3. The van der Waals surface area contributed by atoms with Gasteiger partial charge in [0.25, 0.3) is 0 Å². The lowest BCUT2D eigenvalue weighted by Crippen LogP contribution is -2.37. The SMILES string of the molecule is NC1CCCCC1CNc1nccc2ccccc12. The van der Waals surface area contributed by atoms with Gasteiger partial charge in [-0.25, -0.2) is 4.98 Å². The first-order valence-electron chi connectivity index (χ1n) is 7.18. The molecular formula is C16H21N3. The van der Waals surface area contributed by atoms with E-state index in [-0.39, 0.29) is 0 Å². The minimum atomic E-state index is 0.344. The van der Waals surface area contributed by atoms with Gasteiger partial charge < -0.3 is 11.1 Å². The zero-order chi connectivity index (χ0) is 13.1. The predicted molar refractivity (Wildman–Crippen MR) is 80.2 cm³/mol. The Labute approximate surface area is 114 Å². The fourth-order valence-electron chi connectivity index (χ4n) is 2.98. The fraction of sp³-hybridized carbons (Fsp3) is 0.438. The van der Waals surface area contributed by atoms with Gasteiger partial charge in [-0.2, -0.15) is 0 Å². The van der Waals surface area contributed by atoms with Crippen LogP contribution in [0, 0.1) is 5.92 Å². The first kappa shape index (κ1) is 12.4. The van der Waals surface area contributed by atoms with E-state index in [1.165, 1.54) is 30.0 Å². The average Bonchev–Trinajstić information content (AvgIpc) is 2.46. The number of nitrogens with zero attached hydrogens (tertiary/aromatic N) is 1. The van der Waals surface area contributed by atoms with Crippen molar-refractivity contribution in [1.29, 1.82) is 0 Å². The number of nitrogens with two attached hydrogens (primary N) is 1. The summed E-state index contributed by atoms with van der Waals surface area (Å²) in [6.07, 6.45) is 6.85. The Morgan fingerprint density at radius 3 is 2.89 bits per heavy atom. The normalized spacial score (nSPS) is 23.4. The van der Waals surface area contributed by atoms with Crippen LogP contribution in [-0.2, 0) is 0 Å². The van der Waals surface area contributed by atoms with E-state index in [1.807, 2.05) is 12.3 Å². The molecule has 3 heteroatoms. The van der Waals surface area contributed by atoms with Crippen molar-refractivity contribution in [2.75, 3.05) is 11.9 Å². The molecule has 0 amide bonds. The Balaban J connectivity index is 1.74. The molecule has 1 aliphatic carbocycles. The van der Waals surface area contributed by atoms with Crippen molar-refractivity contribution in [1.82, 2.24) is 4.98 Å². The molecule has 2 unspecified atom stereocenters. The summed E-state index contributed by atoms with van der Waals surface area (Å²) in [5, 5.41) is 5.92. The molecule has 3 nitrogen and oxygen atoms in total. The van der Waals surface area contributed by atoms with E-state index < -0.39 is 0 Å². The lowest BCUT2D eigenvalue weighted by molar-refractivity contribution is 0.321. The Morgan fingerprint density at radius 2 is 2.00 bits per heavy atom. The summed E-state index contributed by atoms with van der Waals surface area (Å²) in [4.78, 5) is 4.46. The molecule has 19 heavy (non-hydrogen) atoms. The maximum Gasteiger partial charge on any atom is 0.133 e. The molecule has 2 atom stereocenters. The molecule has 1 aliphatic rings. The number of aromatic nitrogens is 1. The van der Waals surface area contributed by atoms with Crippen LogP contribution < -0.4 is 11.1 Å². The highest BCUT2D eigenvalue weighted by Crippen LogP contribution is 2.25. The maximum atomic E-state index is 6.20. The van der Waals surface area contributed by atoms with Gasteiger partial charge in [-0.1, -0.05) is 37.1 Å². The molecule has 0 radical (unpaired) electrons. The highest BCUT2D eigenvalue weighted by molar-refractivity contribution is 5.91. The molecular weight excluding hydrogens is 234 g/mol. The number of hydrogen-bond acceptors (Lipinski definition) is 3. The summed E-state index contributed by atoms with van der Waals surface area (Å²) in [5.74, 6) is 1.56. The van der Waals surface area contributed by atoms with Gasteiger partial charge in [0.1, 0.15) is 5.82 Å². The Kier molecular flexibility index (Phi) is 3.65. The van der Waals surface area contributed by atoms with Crippen LogP contribution in [0.2, 0.25) is 0 Å². The van der Waals surface area contributed by atoms with Crippen LogP contribution in [0.25, 0.3) is 10.8 Å². The van der Waals surface area contributed by atoms with Crippen LogP contribution in [-0.4, -0.2) is 17.6 Å². The van der Waals surface area contributed by atoms with Crippen molar-refractivity contribution in [3.63, 3.8) is 0 Å². The van der Waals surface area contributed by atoms with Gasteiger partial charge in [-0.3, -0.25) is 0 Å². The zero-order valence-electron chi connectivity index (χ0n) is 11.2. The molecule has 0 bridgehead atoms. The van der Waals surface area contributed by atoms with Gasteiger partial charge in [-0.05, 0) is 30.2 Å². The van der Waals surface area contributed by atoms with Crippen molar-refractivity contribution >= 4 is 16.6 Å². The largest absolute Gasteiger partial charge is 0.369 e. The second-order valence-corrected chi connectivity index (χ2v) is 5.47. The zero-order valence-corrected chi connectivity index (χ0v) is 11.2. The minimum absolute atomic E-state index is 0.344. The molecule has 1 aromatic carbocycles. The van der Waals surface area contributed by atoms with E-state index in [1.54, 1.807) is 0 Å². The molecule has 1 heterocycles. The van der Waals surface area contributed by atoms with E-state index >= 15 is 0 Å². The summed E-state index contributed by atoms with van der Waals surface area (Å²) in [6, 6.07) is 10.7. The molecule has 3 rings (SSSR count). The van der Waals surface area contributed by atoms with Crippen LogP contribution in [0.15, 0.2) is 36.5 Å². The number of benzene rings is 1. The summed E-state index contributed by atoms with van der Waals surface area (Å²) in [7, 11) is 0. The molecule has 1 saturated carbocycles. The smallest absolute Gasteiger partial charge is 0.133 e. The van der Waals surface area contributed by atoms with Crippen LogP contribution in [0.1, 0.15) is 25.7 Å².